The van der Waals surface area contributed by atoms with Crippen molar-refractivity contribution in [3.05, 3.63) is 12.2 Å². The molecule has 5 saturated carbocycles. The third-order valence-corrected chi connectivity index (χ3v) is 8.84. The van der Waals surface area contributed by atoms with E-state index in [9.17, 15) is 10.2 Å². The Morgan fingerprint density at radius 2 is 2.00 bits per heavy atom. The highest BCUT2D eigenvalue weighted by Gasteiger charge is 2.71. The van der Waals surface area contributed by atoms with Crippen LogP contribution in [0, 0.1) is 34.0 Å². The number of hydrogen-bond donors (Lipinski definition) is 2. The lowest BCUT2D eigenvalue weighted by atomic mass is 9.35. The van der Waals surface area contributed by atoms with Gasteiger partial charge in [0.2, 0.25) is 0 Å². The number of fused-ring (bicyclic) bond motifs is 2. The molecular formula is C20H29NO2. The summed E-state index contributed by atoms with van der Waals surface area (Å²) in [6, 6.07) is 0. The van der Waals surface area contributed by atoms with Crippen molar-refractivity contribution in [1.82, 2.24) is 0 Å². The van der Waals surface area contributed by atoms with E-state index in [1.807, 2.05) is 0 Å². The molecule has 126 valence electrons. The Bertz CT molecular complexity index is 600. The highest BCUT2D eigenvalue weighted by atomic mass is 16.3. The second-order valence-corrected chi connectivity index (χ2v) is 9.51. The van der Waals surface area contributed by atoms with Crippen molar-refractivity contribution in [3.63, 3.8) is 0 Å². The molecule has 0 radical (unpaired) electrons. The van der Waals surface area contributed by atoms with Gasteiger partial charge in [-0.25, -0.2) is 0 Å². The summed E-state index contributed by atoms with van der Waals surface area (Å²) in [5, 5.41) is 22.3. The minimum Gasteiger partial charge on any atom is -0.392 e. The van der Waals surface area contributed by atoms with E-state index in [2.05, 4.69) is 19.7 Å². The first-order valence-corrected chi connectivity index (χ1v) is 9.50. The van der Waals surface area contributed by atoms with Crippen LogP contribution in [0.25, 0.3) is 0 Å². The van der Waals surface area contributed by atoms with Gasteiger partial charge in [-0.2, -0.15) is 0 Å². The molecule has 5 fully saturated rings. The first kappa shape index (κ1) is 14.7. The Morgan fingerprint density at radius 3 is 2.83 bits per heavy atom. The van der Waals surface area contributed by atoms with E-state index in [-0.39, 0.29) is 22.3 Å². The molecule has 3 heteroatoms. The number of aliphatic imine (C=N–C) groups is 1. The van der Waals surface area contributed by atoms with Crippen molar-refractivity contribution in [1.29, 1.82) is 0 Å². The highest BCUT2D eigenvalue weighted by molar-refractivity contribution is 5.70. The minimum atomic E-state index is -0.520. The lowest BCUT2D eigenvalue weighted by molar-refractivity contribution is -0.236. The zero-order valence-electron chi connectivity index (χ0n) is 14.2. The van der Waals surface area contributed by atoms with Gasteiger partial charge in [0.25, 0.3) is 0 Å². The zero-order valence-corrected chi connectivity index (χ0v) is 14.2. The van der Waals surface area contributed by atoms with Crippen molar-refractivity contribution in [2.45, 2.75) is 64.1 Å². The molecule has 0 aromatic heterocycles. The zero-order chi connectivity index (χ0) is 16.0. The van der Waals surface area contributed by atoms with Crippen molar-refractivity contribution >= 4 is 6.21 Å². The summed E-state index contributed by atoms with van der Waals surface area (Å²) < 4.78 is 0. The Labute approximate surface area is 138 Å². The summed E-state index contributed by atoms with van der Waals surface area (Å²) >= 11 is 0. The molecular weight excluding hydrogens is 286 g/mol. The van der Waals surface area contributed by atoms with E-state index < -0.39 is 6.10 Å². The fraction of sp³-hybridized carbons (Fsp3) is 0.850. The predicted molar refractivity (Wildman–Crippen MR) is 90.3 cm³/mol. The van der Waals surface area contributed by atoms with Gasteiger partial charge in [0.1, 0.15) is 0 Å². The summed E-state index contributed by atoms with van der Waals surface area (Å²) in [6.45, 7) is 7.51. The topological polar surface area (TPSA) is 52.8 Å². The van der Waals surface area contributed by atoms with Crippen LogP contribution in [0.2, 0.25) is 0 Å². The quantitative estimate of drug-likeness (QED) is 0.675. The molecule has 0 saturated heterocycles. The Balaban J connectivity index is 1.69. The van der Waals surface area contributed by atoms with Gasteiger partial charge in [-0.05, 0) is 67.3 Å². The van der Waals surface area contributed by atoms with Crippen LogP contribution in [0.4, 0.5) is 0 Å². The summed E-state index contributed by atoms with van der Waals surface area (Å²) in [5.41, 5.74) is 0.996. The lowest BCUT2D eigenvalue weighted by Gasteiger charge is -2.71. The van der Waals surface area contributed by atoms with Crippen LogP contribution in [0.5, 0.6) is 0 Å². The van der Waals surface area contributed by atoms with E-state index in [1.165, 1.54) is 19.3 Å². The molecule has 0 aromatic carbocycles. The van der Waals surface area contributed by atoms with Gasteiger partial charge in [-0.3, -0.25) is 4.99 Å². The fourth-order valence-electron chi connectivity index (χ4n) is 7.77. The molecule has 0 amide bonds. The van der Waals surface area contributed by atoms with Crippen LogP contribution < -0.4 is 0 Å². The molecule has 5 aliphatic carbocycles. The average molecular weight is 315 g/mol. The van der Waals surface area contributed by atoms with Crippen molar-refractivity contribution in [2.24, 2.45) is 39.0 Å². The maximum absolute atomic E-state index is 11.2. The smallest absolute Gasteiger partial charge is 0.0834 e. The summed E-state index contributed by atoms with van der Waals surface area (Å²) in [4.78, 5) is 4.84. The molecule has 0 aromatic rings. The van der Waals surface area contributed by atoms with Gasteiger partial charge in [0.15, 0.2) is 0 Å². The number of nitrogens with zero attached hydrogens (tertiary/aromatic N) is 1. The summed E-state index contributed by atoms with van der Waals surface area (Å²) in [7, 11) is 0. The first-order chi connectivity index (χ1) is 10.9. The van der Waals surface area contributed by atoms with Gasteiger partial charge >= 0.3 is 0 Å². The molecule has 23 heavy (non-hydrogen) atoms. The Morgan fingerprint density at radius 1 is 1.17 bits per heavy atom. The standard InChI is InChI=1S/C20H29NO2/c1-12-13-4-7-20(17(12)23)15(8-13)19-6-3-5-18(2,10-21-11-19)14(19)9-16(20)22/h11,13-17,22-23H,1,3-10H2,2H3/t13-,14?,15?,16+,17-,18-,19-,20?/m0/s1. The third kappa shape index (κ3) is 1.48. The average Bonchev–Trinajstić information content (AvgIpc) is 2.52. The molecule has 1 aliphatic heterocycles. The first-order valence-electron chi connectivity index (χ1n) is 9.50. The molecule has 3 nitrogen and oxygen atoms in total. The van der Waals surface area contributed by atoms with Gasteiger partial charge < -0.3 is 10.2 Å². The van der Waals surface area contributed by atoms with Gasteiger partial charge in [0, 0.05) is 23.6 Å². The van der Waals surface area contributed by atoms with Crippen molar-refractivity contribution in [2.75, 3.05) is 6.54 Å². The van der Waals surface area contributed by atoms with Crippen LogP contribution in [0.1, 0.15) is 51.9 Å². The Hall–Kier alpha value is -0.670. The highest BCUT2D eigenvalue weighted by Crippen LogP contribution is 2.72. The number of hydrogen-bond acceptors (Lipinski definition) is 3. The number of aliphatic hydroxyl groups is 2. The van der Waals surface area contributed by atoms with Crippen LogP contribution >= 0.6 is 0 Å². The summed E-state index contributed by atoms with van der Waals surface area (Å²) in [5.74, 6) is 1.36. The van der Waals surface area contributed by atoms with Crippen LogP contribution in [0.3, 0.4) is 0 Å². The second kappa shape index (κ2) is 4.29. The molecule has 3 unspecified atom stereocenters. The maximum Gasteiger partial charge on any atom is 0.0834 e. The van der Waals surface area contributed by atoms with E-state index in [0.29, 0.717) is 17.8 Å². The molecule has 6 aliphatic rings. The number of aliphatic hydroxyl groups excluding tert-OH is 2. The monoisotopic (exact) mass is 315 g/mol. The molecule has 1 heterocycles. The van der Waals surface area contributed by atoms with Crippen LogP contribution in [-0.2, 0) is 0 Å². The van der Waals surface area contributed by atoms with E-state index in [0.717, 1.165) is 37.8 Å². The van der Waals surface area contributed by atoms with Crippen LogP contribution in [-0.4, -0.2) is 35.2 Å². The van der Waals surface area contributed by atoms with Crippen molar-refractivity contribution in [3.8, 4) is 0 Å². The number of rotatable bonds is 0. The van der Waals surface area contributed by atoms with Crippen molar-refractivity contribution < 1.29 is 10.2 Å². The predicted octanol–water partition coefficient (Wildman–Crippen LogP) is 2.96. The SMILES string of the molecule is C=C1[C@H]2CCC3(C(C2)[C@]24C=NC[C@](C)(CCC2)C4C[C@H]3O)[C@H]1O. The normalized spacial score (nSPS) is 60.3. The lowest BCUT2D eigenvalue weighted by Crippen LogP contribution is -2.71. The van der Waals surface area contributed by atoms with Gasteiger partial charge in [-0.1, -0.05) is 19.9 Å². The van der Waals surface area contributed by atoms with E-state index >= 15 is 0 Å². The van der Waals surface area contributed by atoms with E-state index in [4.69, 9.17) is 4.99 Å². The summed E-state index contributed by atoms with van der Waals surface area (Å²) in [6.07, 6.45) is 9.08. The fourth-order valence-corrected chi connectivity index (χ4v) is 7.77. The second-order valence-electron chi connectivity index (χ2n) is 9.51. The van der Waals surface area contributed by atoms with E-state index in [1.54, 1.807) is 0 Å². The maximum atomic E-state index is 11.2. The van der Waals surface area contributed by atoms with Gasteiger partial charge in [0.05, 0.1) is 12.2 Å². The van der Waals surface area contributed by atoms with Crippen LogP contribution in [0.15, 0.2) is 17.1 Å². The molecule has 4 bridgehead atoms. The Kier molecular flexibility index (Phi) is 2.73. The largest absolute Gasteiger partial charge is 0.392 e. The molecule has 8 atom stereocenters. The molecule has 2 N–H and O–H groups in total. The van der Waals surface area contributed by atoms with Gasteiger partial charge in [-0.15, -0.1) is 0 Å². The molecule has 6 rings (SSSR count). The minimum absolute atomic E-state index is 0.116. The molecule has 1 spiro atoms. The third-order valence-electron chi connectivity index (χ3n) is 8.84.